The zero-order chi connectivity index (χ0) is 19.6. The number of nitrogens with zero attached hydrogens (tertiary/aromatic N) is 2. The third kappa shape index (κ3) is 6.84. The van der Waals surface area contributed by atoms with Crippen LogP contribution >= 0.6 is 0 Å². The molecule has 0 saturated carbocycles. The maximum absolute atomic E-state index is 12.9. The Labute approximate surface area is 160 Å². The lowest BCUT2D eigenvalue weighted by molar-refractivity contribution is -0.138. The predicted molar refractivity (Wildman–Crippen MR) is 102 cm³/mol. The number of carbonyl (C=O) groups is 2. The maximum atomic E-state index is 12.9. The maximum Gasteiger partial charge on any atom is 0.317 e. The van der Waals surface area contributed by atoms with E-state index in [0.29, 0.717) is 37.6 Å². The number of aliphatic carboxylic acids is 1. The molecule has 27 heavy (non-hydrogen) atoms. The Bertz CT molecular complexity index is 622. The smallest absolute Gasteiger partial charge is 0.317 e. The van der Waals surface area contributed by atoms with Gasteiger partial charge in [-0.3, -0.25) is 14.5 Å². The zero-order valence-corrected chi connectivity index (χ0v) is 16.2. The first-order valence-electron chi connectivity index (χ1n) is 9.44. The number of methoxy groups -OCH3 is 1. The van der Waals surface area contributed by atoms with Gasteiger partial charge in [0.1, 0.15) is 5.75 Å². The fourth-order valence-corrected chi connectivity index (χ4v) is 3.36. The molecule has 0 aliphatic carbocycles. The molecular formula is C20H30N2O5. The van der Waals surface area contributed by atoms with Gasteiger partial charge in [-0.25, -0.2) is 0 Å². The highest BCUT2D eigenvalue weighted by Gasteiger charge is 2.24. The van der Waals surface area contributed by atoms with E-state index in [2.05, 4.69) is 0 Å². The number of carbonyl (C=O) groups excluding carboxylic acids is 1. The lowest BCUT2D eigenvalue weighted by atomic mass is 10.1. The normalized spacial score (nSPS) is 17.6. The molecule has 0 radical (unpaired) electrons. The Hall–Kier alpha value is -2.12. The van der Waals surface area contributed by atoms with Crippen LogP contribution in [-0.2, 0) is 9.53 Å². The number of rotatable bonds is 9. The number of carboxylic acid groups (broad SMARTS) is 1. The molecule has 2 rings (SSSR count). The first kappa shape index (κ1) is 21.2. The monoisotopic (exact) mass is 378 g/mol. The largest absolute Gasteiger partial charge is 0.493 e. The van der Waals surface area contributed by atoms with Gasteiger partial charge in [-0.15, -0.1) is 0 Å². The molecule has 0 aromatic heterocycles. The number of ether oxygens (including phenoxy) is 2. The highest BCUT2D eigenvalue weighted by molar-refractivity contribution is 5.94. The van der Waals surface area contributed by atoms with E-state index in [-0.39, 0.29) is 18.5 Å². The van der Waals surface area contributed by atoms with Gasteiger partial charge in [0.2, 0.25) is 0 Å². The van der Waals surface area contributed by atoms with E-state index in [1.54, 1.807) is 13.2 Å². The molecule has 1 aliphatic rings. The Morgan fingerprint density at radius 2 is 2.07 bits per heavy atom. The molecule has 150 valence electrons. The van der Waals surface area contributed by atoms with Gasteiger partial charge in [0, 0.05) is 44.8 Å². The minimum absolute atomic E-state index is 0.00104. The van der Waals surface area contributed by atoms with E-state index < -0.39 is 5.97 Å². The molecule has 1 atom stereocenters. The van der Waals surface area contributed by atoms with Gasteiger partial charge >= 0.3 is 5.97 Å². The summed E-state index contributed by atoms with van der Waals surface area (Å²) in [4.78, 5) is 27.5. The second-order valence-electron chi connectivity index (χ2n) is 6.91. The Morgan fingerprint density at radius 3 is 2.81 bits per heavy atom. The number of carboxylic acids is 1. The summed E-state index contributed by atoms with van der Waals surface area (Å²) < 4.78 is 10.7. The molecule has 1 unspecified atom stereocenters. The molecule has 1 heterocycles. The quantitative estimate of drug-likeness (QED) is 0.663. The summed E-state index contributed by atoms with van der Waals surface area (Å²) in [5.74, 6) is -0.137. The number of likely N-dealkylation sites (tertiary alicyclic amines) is 1. The molecule has 1 fully saturated rings. The second-order valence-corrected chi connectivity index (χ2v) is 6.91. The van der Waals surface area contributed by atoms with Crippen LogP contribution in [0.4, 0.5) is 0 Å². The minimum atomic E-state index is -0.822. The number of hydrogen-bond donors (Lipinski definition) is 1. The van der Waals surface area contributed by atoms with E-state index in [4.69, 9.17) is 14.6 Å². The molecular weight excluding hydrogens is 348 g/mol. The van der Waals surface area contributed by atoms with Crippen molar-refractivity contribution in [3.63, 3.8) is 0 Å². The van der Waals surface area contributed by atoms with Crippen LogP contribution in [0.2, 0.25) is 0 Å². The second kappa shape index (κ2) is 10.9. The van der Waals surface area contributed by atoms with Crippen molar-refractivity contribution in [2.75, 3.05) is 47.0 Å². The molecule has 1 aliphatic heterocycles. The van der Waals surface area contributed by atoms with Crippen LogP contribution in [0, 0.1) is 0 Å². The van der Waals surface area contributed by atoms with Gasteiger partial charge in [-0.1, -0.05) is 6.07 Å². The van der Waals surface area contributed by atoms with Crippen molar-refractivity contribution in [2.24, 2.45) is 0 Å². The van der Waals surface area contributed by atoms with Crippen LogP contribution in [-0.4, -0.2) is 79.8 Å². The molecule has 1 aromatic carbocycles. The first-order chi connectivity index (χ1) is 13.0. The first-order valence-corrected chi connectivity index (χ1v) is 9.44. The van der Waals surface area contributed by atoms with Crippen LogP contribution in [0.15, 0.2) is 24.3 Å². The number of benzene rings is 1. The fraction of sp³-hybridized carbons (Fsp3) is 0.600. The summed E-state index contributed by atoms with van der Waals surface area (Å²) in [6.45, 7) is 2.54. The van der Waals surface area contributed by atoms with E-state index >= 15 is 0 Å². The molecule has 1 saturated heterocycles. The molecule has 0 bridgehead atoms. The molecule has 0 spiro atoms. The van der Waals surface area contributed by atoms with Crippen LogP contribution in [0.3, 0.4) is 0 Å². The van der Waals surface area contributed by atoms with Crippen molar-refractivity contribution < 1.29 is 24.2 Å². The van der Waals surface area contributed by atoms with Crippen LogP contribution in [0.1, 0.15) is 36.0 Å². The van der Waals surface area contributed by atoms with E-state index in [0.717, 1.165) is 25.7 Å². The third-order valence-electron chi connectivity index (χ3n) is 4.84. The van der Waals surface area contributed by atoms with E-state index in [9.17, 15) is 9.59 Å². The highest BCUT2D eigenvalue weighted by Crippen LogP contribution is 2.20. The van der Waals surface area contributed by atoms with Crippen molar-refractivity contribution >= 4 is 11.9 Å². The summed E-state index contributed by atoms with van der Waals surface area (Å²) in [7, 11) is 3.49. The van der Waals surface area contributed by atoms with Gasteiger partial charge in [-0.05, 0) is 44.5 Å². The van der Waals surface area contributed by atoms with Crippen molar-refractivity contribution in [1.29, 1.82) is 0 Å². The van der Waals surface area contributed by atoms with Gasteiger partial charge in [-0.2, -0.15) is 0 Å². The van der Waals surface area contributed by atoms with Crippen LogP contribution < -0.4 is 4.74 Å². The van der Waals surface area contributed by atoms with Gasteiger partial charge in [0.25, 0.3) is 5.91 Å². The molecule has 1 N–H and O–H groups in total. The molecule has 1 aromatic rings. The lowest BCUT2D eigenvalue weighted by Gasteiger charge is -2.25. The van der Waals surface area contributed by atoms with Crippen molar-refractivity contribution in [1.82, 2.24) is 9.80 Å². The Balaban J connectivity index is 1.92. The average molecular weight is 378 g/mol. The standard InChI is InChI=1S/C20H30N2O5/c1-21(15-19(23)24)17-7-4-10-22(11-9-17)20(25)16-6-3-8-18(14-16)27-13-5-12-26-2/h3,6,8,14,17H,4-5,7,9-13,15H2,1-2H3,(H,23,24). The summed E-state index contributed by atoms with van der Waals surface area (Å²) in [6, 6.07) is 7.47. The van der Waals surface area contributed by atoms with Crippen molar-refractivity contribution in [3.8, 4) is 5.75 Å². The van der Waals surface area contributed by atoms with Crippen LogP contribution in [0.25, 0.3) is 0 Å². The number of likely N-dealkylation sites (N-methyl/N-ethyl adjacent to an activating group) is 1. The molecule has 1 amide bonds. The fourth-order valence-electron chi connectivity index (χ4n) is 3.36. The van der Waals surface area contributed by atoms with Gasteiger partial charge < -0.3 is 19.5 Å². The molecule has 7 nitrogen and oxygen atoms in total. The average Bonchev–Trinajstić information content (AvgIpc) is 2.91. The number of amides is 1. The lowest BCUT2D eigenvalue weighted by Crippen LogP contribution is -2.37. The summed E-state index contributed by atoms with van der Waals surface area (Å²) >= 11 is 0. The summed E-state index contributed by atoms with van der Waals surface area (Å²) in [5.41, 5.74) is 0.622. The predicted octanol–water partition coefficient (Wildman–Crippen LogP) is 2.11. The minimum Gasteiger partial charge on any atom is -0.493 e. The SMILES string of the molecule is COCCCOc1cccc(C(=O)N2CCCC(N(C)CC(=O)O)CC2)c1. The van der Waals surface area contributed by atoms with Crippen LogP contribution in [0.5, 0.6) is 5.75 Å². The third-order valence-corrected chi connectivity index (χ3v) is 4.84. The van der Waals surface area contributed by atoms with E-state index in [1.807, 2.05) is 35.0 Å². The molecule has 7 heteroatoms. The Morgan fingerprint density at radius 1 is 1.26 bits per heavy atom. The summed E-state index contributed by atoms with van der Waals surface area (Å²) in [5, 5.41) is 8.97. The van der Waals surface area contributed by atoms with Crippen molar-refractivity contribution in [2.45, 2.75) is 31.7 Å². The van der Waals surface area contributed by atoms with Gasteiger partial charge in [0.05, 0.1) is 13.2 Å². The number of hydrogen-bond acceptors (Lipinski definition) is 5. The van der Waals surface area contributed by atoms with E-state index in [1.165, 1.54) is 0 Å². The zero-order valence-electron chi connectivity index (χ0n) is 16.2. The van der Waals surface area contributed by atoms with Gasteiger partial charge in [0.15, 0.2) is 0 Å². The highest BCUT2D eigenvalue weighted by atomic mass is 16.5. The van der Waals surface area contributed by atoms with Crippen molar-refractivity contribution in [3.05, 3.63) is 29.8 Å². The summed E-state index contributed by atoms with van der Waals surface area (Å²) in [6.07, 6.45) is 3.35. The topological polar surface area (TPSA) is 79.3 Å². The Kier molecular flexibility index (Phi) is 8.54.